The van der Waals surface area contributed by atoms with Crippen molar-refractivity contribution < 1.29 is 4.79 Å². The number of carbonyl (C=O) groups excluding carboxylic acids is 1. The lowest BCUT2D eigenvalue weighted by Gasteiger charge is -2.06. The Morgan fingerprint density at radius 2 is 1.81 bits per heavy atom. The van der Waals surface area contributed by atoms with Crippen LogP contribution in [0, 0.1) is 0 Å². The summed E-state index contributed by atoms with van der Waals surface area (Å²) in [5.41, 5.74) is 4.54. The van der Waals surface area contributed by atoms with Crippen LogP contribution in [0.4, 0.5) is 9.93 Å². The van der Waals surface area contributed by atoms with E-state index in [0.717, 1.165) is 24.1 Å². The first-order valence-corrected chi connectivity index (χ1v) is 10.1. The molecule has 0 radical (unpaired) electrons. The molecule has 2 N–H and O–H groups in total. The molecule has 0 spiro atoms. The summed E-state index contributed by atoms with van der Waals surface area (Å²) in [4.78, 5) is 16.6. The molecule has 4 nitrogen and oxygen atoms in total. The molecule has 27 heavy (non-hydrogen) atoms. The lowest BCUT2D eigenvalue weighted by atomic mass is 10.0. The molecule has 2 amide bonds. The lowest BCUT2D eigenvalue weighted by Crippen LogP contribution is -2.29. The first-order chi connectivity index (χ1) is 13.1. The van der Waals surface area contributed by atoms with Crippen LogP contribution in [0.15, 0.2) is 60.0 Å². The van der Waals surface area contributed by atoms with Gasteiger partial charge < -0.3 is 5.32 Å². The van der Waals surface area contributed by atoms with Crippen LogP contribution >= 0.6 is 11.3 Å². The highest BCUT2D eigenvalue weighted by molar-refractivity contribution is 7.14. The molecule has 0 saturated carbocycles. The van der Waals surface area contributed by atoms with Gasteiger partial charge in [0.1, 0.15) is 0 Å². The van der Waals surface area contributed by atoms with Crippen molar-refractivity contribution in [3.8, 4) is 11.3 Å². The van der Waals surface area contributed by atoms with Crippen molar-refractivity contribution in [2.45, 2.75) is 32.6 Å². The number of urea groups is 1. The largest absolute Gasteiger partial charge is 0.338 e. The molecule has 0 aliphatic heterocycles. The van der Waals surface area contributed by atoms with Crippen molar-refractivity contribution in [2.24, 2.45) is 0 Å². The molecule has 0 unspecified atom stereocenters. The highest BCUT2D eigenvalue weighted by atomic mass is 32.1. The van der Waals surface area contributed by atoms with Crippen molar-refractivity contribution in [1.29, 1.82) is 0 Å². The molecule has 5 heteroatoms. The van der Waals surface area contributed by atoms with Gasteiger partial charge in [0.2, 0.25) is 0 Å². The summed E-state index contributed by atoms with van der Waals surface area (Å²) in [6, 6.07) is 18.5. The minimum absolute atomic E-state index is 0.209. The predicted molar refractivity (Wildman–Crippen MR) is 113 cm³/mol. The summed E-state index contributed by atoms with van der Waals surface area (Å²) < 4.78 is 0. The first kappa shape index (κ1) is 19.1. The summed E-state index contributed by atoms with van der Waals surface area (Å²) in [5, 5.41) is 8.28. The number of carbonyl (C=O) groups is 1. The fourth-order valence-corrected chi connectivity index (χ4v) is 3.50. The Balaban J connectivity index is 1.46. The maximum atomic E-state index is 12.0. The quantitative estimate of drug-likeness (QED) is 0.518. The minimum atomic E-state index is -0.209. The Morgan fingerprint density at radius 1 is 1.07 bits per heavy atom. The number of nitrogens with one attached hydrogen (secondary N) is 2. The molecule has 3 rings (SSSR count). The summed E-state index contributed by atoms with van der Waals surface area (Å²) in [7, 11) is 0. The van der Waals surface area contributed by atoms with Crippen LogP contribution in [-0.4, -0.2) is 17.6 Å². The molecule has 0 aliphatic carbocycles. The van der Waals surface area contributed by atoms with E-state index in [4.69, 9.17) is 0 Å². The third-order valence-corrected chi connectivity index (χ3v) is 5.13. The molecule has 1 aromatic heterocycles. The van der Waals surface area contributed by atoms with E-state index in [0.29, 0.717) is 17.6 Å². The van der Waals surface area contributed by atoms with Gasteiger partial charge in [0.25, 0.3) is 0 Å². The molecule has 1 heterocycles. The van der Waals surface area contributed by atoms with Crippen LogP contribution in [0.3, 0.4) is 0 Å². The van der Waals surface area contributed by atoms with Crippen molar-refractivity contribution in [3.05, 3.63) is 71.1 Å². The standard InChI is InChI=1S/C22H25N3OS/c1-16(2)18-10-12-19(13-11-18)20-15-27-22(24-20)25-21(26)23-14-6-9-17-7-4-3-5-8-17/h3-5,7-8,10-13,15-16H,6,9,14H2,1-2H3,(H2,23,24,25,26). The number of amides is 2. The summed E-state index contributed by atoms with van der Waals surface area (Å²) >= 11 is 1.44. The Labute approximate surface area is 164 Å². The fourth-order valence-electron chi connectivity index (χ4n) is 2.78. The van der Waals surface area contributed by atoms with Crippen LogP contribution in [0.1, 0.15) is 37.3 Å². The van der Waals surface area contributed by atoms with E-state index >= 15 is 0 Å². The maximum Gasteiger partial charge on any atom is 0.321 e. The molecule has 3 aromatic rings. The Kier molecular flexibility index (Phi) is 6.60. The molecule has 2 aromatic carbocycles. The van der Waals surface area contributed by atoms with Gasteiger partial charge in [0, 0.05) is 17.5 Å². The summed E-state index contributed by atoms with van der Waals surface area (Å²) in [5.74, 6) is 0.511. The van der Waals surface area contributed by atoms with E-state index in [1.165, 1.54) is 22.5 Å². The maximum absolute atomic E-state index is 12.0. The lowest BCUT2D eigenvalue weighted by molar-refractivity contribution is 0.252. The number of hydrogen-bond donors (Lipinski definition) is 2. The van der Waals surface area contributed by atoms with Gasteiger partial charge in [-0.3, -0.25) is 5.32 Å². The van der Waals surface area contributed by atoms with E-state index in [-0.39, 0.29) is 6.03 Å². The molecular formula is C22H25N3OS. The van der Waals surface area contributed by atoms with Crippen molar-refractivity contribution in [1.82, 2.24) is 10.3 Å². The van der Waals surface area contributed by atoms with Crippen molar-refractivity contribution in [3.63, 3.8) is 0 Å². The zero-order valence-corrected chi connectivity index (χ0v) is 16.6. The highest BCUT2D eigenvalue weighted by Gasteiger charge is 2.08. The van der Waals surface area contributed by atoms with E-state index in [9.17, 15) is 4.79 Å². The fraction of sp³-hybridized carbons (Fsp3) is 0.273. The Hall–Kier alpha value is -2.66. The van der Waals surface area contributed by atoms with E-state index in [1.807, 2.05) is 23.6 Å². The SMILES string of the molecule is CC(C)c1ccc(-c2csc(NC(=O)NCCCc3ccccc3)n2)cc1. The normalized spacial score (nSPS) is 10.8. The molecule has 140 valence electrons. The van der Waals surface area contributed by atoms with Crippen LogP contribution in [0.25, 0.3) is 11.3 Å². The second-order valence-electron chi connectivity index (χ2n) is 6.78. The average Bonchev–Trinajstić information content (AvgIpc) is 3.14. The number of hydrogen-bond acceptors (Lipinski definition) is 3. The van der Waals surface area contributed by atoms with E-state index in [1.54, 1.807) is 0 Å². The monoisotopic (exact) mass is 379 g/mol. The predicted octanol–water partition coefficient (Wildman–Crippen LogP) is 5.69. The third-order valence-electron chi connectivity index (χ3n) is 4.37. The second-order valence-corrected chi connectivity index (χ2v) is 7.64. The van der Waals surface area contributed by atoms with Gasteiger partial charge in [-0.1, -0.05) is 68.4 Å². The van der Waals surface area contributed by atoms with E-state index < -0.39 is 0 Å². The van der Waals surface area contributed by atoms with Crippen molar-refractivity contribution in [2.75, 3.05) is 11.9 Å². The van der Waals surface area contributed by atoms with Crippen LogP contribution in [0.5, 0.6) is 0 Å². The summed E-state index contributed by atoms with van der Waals surface area (Å²) in [6.45, 7) is 4.99. The van der Waals surface area contributed by atoms with Crippen molar-refractivity contribution >= 4 is 22.5 Å². The smallest absolute Gasteiger partial charge is 0.321 e. The molecule has 0 aliphatic rings. The number of thiazole rings is 1. The number of aryl methyl sites for hydroxylation is 1. The Morgan fingerprint density at radius 3 is 2.52 bits per heavy atom. The Bertz CT molecular complexity index is 857. The molecular weight excluding hydrogens is 354 g/mol. The number of aromatic nitrogens is 1. The third kappa shape index (κ3) is 5.66. The van der Waals surface area contributed by atoms with Gasteiger partial charge in [-0.25, -0.2) is 9.78 Å². The zero-order valence-electron chi connectivity index (χ0n) is 15.7. The average molecular weight is 380 g/mol. The topological polar surface area (TPSA) is 54.0 Å². The summed E-state index contributed by atoms with van der Waals surface area (Å²) in [6.07, 6.45) is 1.86. The van der Waals surface area contributed by atoms with Gasteiger partial charge in [0.05, 0.1) is 5.69 Å². The van der Waals surface area contributed by atoms with Gasteiger partial charge in [0.15, 0.2) is 5.13 Å². The van der Waals surface area contributed by atoms with Crippen LogP contribution < -0.4 is 10.6 Å². The molecule has 0 bridgehead atoms. The van der Waals surface area contributed by atoms with Crippen LogP contribution in [0.2, 0.25) is 0 Å². The van der Waals surface area contributed by atoms with Gasteiger partial charge in [-0.05, 0) is 29.9 Å². The number of benzene rings is 2. The molecule has 0 atom stereocenters. The number of anilines is 1. The van der Waals surface area contributed by atoms with Crippen LogP contribution in [-0.2, 0) is 6.42 Å². The molecule has 0 saturated heterocycles. The number of rotatable bonds is 7. The van der Waals surface area contributed by atoms with Gasteiger partial charge in [-0.2, -0.15) is 0 Å². The minimum Gasteiger partial charge on any atom is -0.338 e. The van der Waals surface area contributed by atoms with Gasteiger partial charge >= 0.3 is 6.03 Å². The van der Waals surface area contributed by atoms with Gasteiger partial charge in [-0.15, -0.1) is 11.3 Å². The highest BCUT2D eigenvalue weighted by Crippen LogP contribution is 2.26. The first-order valence-electron chi connectivity index (χ1n) is 9.26. The zero-order chi connectivity index (χ0) is 19.1. The van der Waals surface area contributed by atoms with E-state index in [2.05, 4.69) is 65.9 Å². The molecule has 0 fully saturated rings. The second kappa shape index (κ2) is 9.33. The number of nitrogens with zero attached hydrogens (tertiary/aromatic N) is 1.